The summed E-state index contributed by atoms with van der Waals surface area (Å²) in [5.74, 6) is 0. The minimum absolute atomic E-state index is 0.0824. The summed E-state index contributed by atoms with van der Waals surface area (Å²) in [6, 6.07) is 0. The van der Waals surface area contributed by atoms with Gasteiger partial charge in [0.2, 0.25) is 0 Å². The summed E-state index contributed by atoms with van der Waals surface area (Å²) in [4.78, 5) is 11.0. The third-order valence-corrected chi connectivity index (χ3v) is 5.63. The van der Waals surface area contributed by atoms with E-state index < -0.39 is 14.1 Å². The number of unbranched alkanes of at least 4 members (excludes halogenated alkanes) is 8. The molecule has 1 aliphatic heterocycles. The summed E-state index contributed by atoms with van der Waals surface area (Å²) < 4.78 is 30.0. The molecule has 2 N–H and O–H groups in total. The smallest absolute Gasteiger partial charge is 0.270 e. The molecule has 1 saturated heterocycles. The van der Waals surface area contributed by atoms with Crippen molar-refractivity contribution < 1.29 is 28.0 Å². The van der Waals surface area contributed by atoms with Crippen molar-refractivity contribution in [3.8, 4) is 0 Å². The van der Waals surface area contributed by atoms with Gasteiger partial charge in [0, 0.05) is 20.3 Å². The fourth-order valence-electron chi connectivity index (χ4n) is 2.82. The van der Waals surface area contributed by atoms with Gasteiger partial charge in [-0.1, -0.05) is 71.6 Å². The molecule has 1 fully saturated rings. The number of rotatable bonds is 17. The molecular weight excluding hydrogens is 381 g/mol. The van der Waals surface area contributed by atoms with E-state index in [0.29, 0.717) is 12.5 Å². The molecule has 0 amide bonds. The molecule has 0 aliphatic carbocycles. The van der Waals surface area contributed by atoms with Crippen molar-refractivity contribution in [1.82, 2.24) is 0 Å². The predicted molar refractivity (Wildman–Crippen MR) is 111 cm³/mol. The molecule has 8 heteroatoms. The largest absolute Gasteiger partial charge is 0.756 e. The van der Waals surface area contributed by atoms with Crippen LogP contribution in [0.4, 0.5) is 0 Å². The minimum Gasteiger partial charge on any atom is -0.756 e. The van der Waals surface area contributed by atoms with E-state index in [-0.39, 0.29) is 13.2 Å². The van der Waals surface area contributed by atoms with E-state index in [0.717, 1.165) is 6.61 Å². The minimum atomic E-state index is -4.25. The summed E-state index contributed by atoms with van der Waals surface area (Å²) in [5.41, 5.74) is 5.06. The van der Waals surface area contributed by atoms with Crippen LogP contribution in [0, 0.1) is 0 Å². The average molecular weight is 425 g/mol. The van der Waals surface area contributed by atoms with Crippen LogP contribution < -0.4 is 10.6 Å². The molecule has 0 aromatic heterocycles. The first-order valence-corrected chi connectivity index (χ1v) is 12.4. The van der Waals surface area contributed by atoms with Crippen LogP contribution in [0.15, 0.2) is 0 Å². The third kappa shape index (κ3) is 16.9. The lowest BCUT2D eigenvalue weighted by Gasteiger charge is -2.26. The van der Waals surface area contributed by atoms with Gasteiger partial charge >= 0.3 is 0 Å². The van der Waals surface area contributed by atoms with Crippen molar-refractivity contribution in [2.45, 2.75) is 103 Å². The molecule has 0 spiro atoms. The van der Waals surface area contributed by atoms with Crippen LogP contribution in [0.3, 0.4) is 0 Å². The molecule has 170 valence electrons. The van der Waals surface area contributed by atoms with E-state index in [9.17, 15) is 9.46 Å². The summed E-state index contributed by atoms with van der Waals surface area (Å²) in [7, 11) is -2.90. The van der Waals surface area contributed by atoms with Gasteiger partial charge in [-0.25, -0.2) is 0 Å². The Morgan fingerprint density at radius 3 is 2.11 bits per heavy atom. The maximum Gasteiger partial charge on any atom is 0.270 e. The normalized spacial score (nSPS) is 19.2. The lowest BCUT2D eigenvalue weighted by molar-refractivity contribution is -0.242. The second-order valence-electron chi connectivity index (χ2n) is 7.15. The highest BCUT2D eigenvalue weighted by molar-refractivity contribution is 7.45. The molecule has 0 bridgehead atoms. The first kappa shape index (κ1) is 28.0. The van der Waals surface area contributed by atoms with Crippen molar-refractivity contribution in [2.24, 2.45) is 5.73 Å². The van der Waals surface area contributed by atoms with Crippen LogP contribution >= 0.6 is 7.82 Å². The molecule has 3 atom stereocenters. The van der Waals surface area contributed by atoms with Gasteiger partial charge in [0.1, 0.15) is 0 Å². The SMILES string of the molecule is CCC(OC)OP(=O)([O-])OCCN.CCCCCCCCCCCC1CCO1. The Morgan fingerprint density at radius 2 is 1.68 bits per heavy atom. The Morgan fingerprint density at radius 1 is 1.11 bits per heavy atom. The molecule has 0 saturated carbocycles. The Bertz CT molecular complexity index is 378. The van der Waals surface area contributed by atoms with Gasteiger partial charge in [0.15, 0.2) is 6.29 Å². The highest BCUT2D eigenvalue weighted by Crippen LogP contribution is 2.40. The fourth-order valence-corrected chi connectivity index (χ4v) is 3.73. The van der Waals surface area contributed by atoms with Gasteiger partial charge in [0.05, 0.1) is 12.7 Å². The van der Waals surface area contributed by atoms with Crippen molar-refractivity contribution >= 4 is 7.82 Å². The first-order valence-electron chi connectivity index (χ1n) is 11.0. The lowest BCUT2D eigenvalue weighted by Crippen LogP contribution is -2.26. The Hall–Kier alpha value is -0.0100. The second kappa shape index (κ2) is 19.0. The zero-order chi connectivity index (χ0) is 21.1. The number of hydrogen-bond donors (Lipinski definition) is 1. The van der Waals surface area contributed by atoms with Gasteiger partial charge in [-0.3, -0.25) is 9.09 Å². The number of phosphoric ester groups is 1. The van der Waals surface area contributed by atoms with Gasteiger partial charge in [-0.15, -0.1) is 0 Å². The van der Waals surface area contributed by atoms with Crippen LogP contribution in [-0.4, -0.2) is 39.3 Å². The lowest BCUT2D eigenvalue weighted by atomic mass is 10.0. The summed E-state index contributed by atoms with van der Waals surface area (Å²) in [6.45, 7) is 5.07. The maximum atomic E-state index is 11.0. The number of nitrogens with two attached hydrogens (primary N) is 1. The maximum absolute atomic E-state index is 11.0. The zero-order valence-corrected chi connectivity index (χ0v) is 19.1. The van der Waals surface area contributed by atoms with E-state index in [1.807, 2.05) is 0 Å². The quantitative estimate of drug-likeness (QED) is 0.208. The number of hydrogen-bond acceptors (Lipinski definition) is 7. The highest BCUT2D eigenvalue weighted by Gasteiger charge is 2.16. The van der Waals surface area contributed by atoms with Crippen LogP contribution in [0.5, 0.6) is 0 Å². The number of methoxy groups -OCH3 is 1. The van der Waals surface area contributed by atoms with E-state index in [2.05, 4.69) is 16.0 Å². The predicted octanol–water partition coefficient (Wildman–Crippen LogP) is 4.53. The van der Waals surface area contributed by atoms with Crippen LogP contribution in [0.2, 0.25) is 0 Å². The van der Waals surface area contributed by atoms with Crippen molar-refractivity contribution in [2.75, 3.05) is 26.9 Å². The summed E-state index contributed by atoms with van der Waals surface area (Å²) >= 11 is 0. The van der Waals surface area contributed by atoms with E-state index in [1.54, 1.807) is 6.92 Å². The van der Waals surface area contributed by atoms with Crippen molar-refractivity contribution in [3.63, 3.8) is 0 Å². The molecule has 3 unspecified atom stereocenters. The Balaban J connectivity index is 0.000000528. The van der Waals surface area contributed by atoms with E-state index in [4.69, 9.17) is 15.2 Å². The molecule has 7 nitrogen and oxygen atoms in total. The van der Waals surface area contributed by atoms with Crippen LogP contribution in [0.25, 0.3) is 0 Å². The van der Waals surface area contributed by atoms with Gasteiger partial charge < -0.3 is 24.6 Å². The zero-order valence-electron chi connectivity index (χ0n) is 18.2. The average Bonchev–Trinajstić information content (AvgIpc) is 2.65. The Labute approximate surface area is 172 Å². The van der Waals surface area contributed by atoms with Crippen LogP contribution in [-0.2, 0) is 23.1 Å². The van der Waals surface area contributed by atoms with Gasteiger partial charge in [0.25, 0.3) is 7.82 Å². The van der Waals surface area contributed by atoms with Crippen molar-refractivity contribution in [1.29, 1.82) is 0 Å². The topological polar surface area (TPSA) is 103 Å². The molecule has 0 aromatic rings. The molecule has 1 aliphatic rings. The van der Waals surface area contributed by atoms with Gasteiger partial charge in [-0.2, -0.15) is 0 Å². The standard InChI is InChI=1S/C14H28O.C6H16NO5P/c1-2-3-4-5-6-7-8-9-10-11-14-12-13-15-14;1-3-6(10-2)12-13(8,9)11-5-4-7/h14H,2-13H2,1H3;6H,3-5,7H2,1-2H3,(H,8,9)/p-1. The molecular formula is C20H43NO6P-. The third-order valence-electron chi connectivity index (χ3n) is 4.63. The Kier molecular flexibility index (Phi) is 19.0. The molecule has 0 radical (unpaired) electrons. The molecule has 0 aromatic carbocycles. The van der Waals surface area contributed by atoms with Crippen LogP contribution in [0.1, 0.15) is 90.9 Å². The highest BCUT2D eigenvalue weighted by atomic mass is 31.2. The first-order chi connectivity index (χ1) is 13.5. The summed E-state index contributed by atoms with van der Waals surface area (Å²) in [5, 5.41) is 0. The van der Waals surface area contributed by atoms with Gasteiger partial charge in [-0.05, 0) is 19.3 Å². The molecule has 1 heterocycles. The number of ether oxygens (including phenoxy) is 2. The monoisotopic (exact) mass is 424 g/mol. The van der Waals surface area contributed by atoms with E-state index in [1.165, 1.54) is 77.7 Å². The van der Waals surface area contributed by atoms with E-state index >= 15 is 0 Å². The summed E-state index contributed by atoms with van der Waals surface area (Å²) in [6.07, 6.45) is 15.8. The van der Waals surface area contributed by atoms with Crippen molar-refractivity contribution in [3.05, 3.63) is 0 Å². The second-order valence-corrected chi connectivity index (χ2v) is 8.51. The molecule has 28 heavy (non-hydrogen) atoms. The molecule has 1 rings (SSSR count). The number of phosphoric acid groups is 1. The fraction of sp³-hybridized carbons (Fsp3) is 1.00.